The van der Waals surface area contributed by atoms with Crippen LogP contribution in [0.5, 0.6) is 0 Å². The number of hydrogen-bond acceptors (Lipinski definition) is 4. The van der Waals surface area contributed by atoms with Gasteiger partial charge in [-0.05, 0) is 12.3 Å². The van der Waals surface area contributed by atoms with Crippen LogP contribution < -0.4 is 0 Å². The van der Waals surface area contributed by atoms with Gasteiger partial charge in [-0.1, -0.05) is 13.8 Å². The van der Waals surface area contributed by atoms with Gasteiger partial charge in [0.15, 0.2) is 0 Å². The summed E-state index contributed by atoms with van der Waals surface area (Å²) in [5.41, 5.74) is 0. The van der Waals surface area contributed by atoms with Crippen LogP contribution in [0.25, 0.3) is 0 Å². The van der Waals surface area contributed by atoms with E-state index in [9.17, 15) is 9.90 Å². The molecule has 2 rings (SSSR count). The quantitative estimate of drug-likeness (QED) is 0.641. The monoisotopic (exact) mass is 213 g/mol. The molecule has 1 atom stereocenters. The van der Waals surface area contributed by atoms with Crippen molar-refractivity contribution >= 4 is 5.97 Å². The van der Waals surface area contributed by atoms with Crippen molar-refractivity contribution in [2.75, 3.05) is 26.2 Å². The molecule has 2 fully saturated rings. The lowest BCUT2D eigenvalue weighted by Gasteiger charge is -2.30. The molecule has 0 saturated carbocycles. The van der Waals surface area contributed by atoms with E-state index in [4.69, 9.17) is 0 Å². The molecule has 5 nitrogen and oxygen atoms in total. The van der Waals surface area contributed by atoms with Crippen molar-refractivity contribution in [1.82, 2.24) is 15.1 Å². The van der Waals surface area contributed by atoms with Crippen molar-refractivity contribution in [2.45, 2.75) is 26.3 Å². The molecule has 0 radical (unpaired) electrons. The van der Waals surface area contributed by atoms with E-state index in [0.29, 0.717) is 12.3 Å². The highest BCUT2D eigenvalue weighted by atomic mass is 16.4. The summed E-state index contributed by atoms with van der Waals surface area (Å²) in [6, 6.07) is -0.380. The number of hydrogen-bond donors (Lipinski definition) is 1. The zero-order valence-electron chi connectivity index (χ0n) is 9.39. The predicted molar refractivity (Wildman–Crippen MR) is 55.9 cm³/mol. The lowest BCUT2D eigenvalue weighted by Crippen LogP contribution is -2.48. The van der Waals surface area contributed by atoms with Gasteiger partial charge < -0.3 is 5.11 Å². The molecule has 0 aromatic rings. The Balaban J connectivity index is 2.02. The summed E-state index contributed by atoms with van der Waals surface area (Å²) in [5, 5.41) is 15.4. The summed E-state index contributed by atoms with van der Waals surface area (Å²) in [6.07, 6.45) is 0.711. The lowest BCUT2D eigenvalue weighted by molar-refractivity contribution is -0.163. The second-order valence-electron chi connectivity index (χ2n) is 4.71. The van der Waals surface area contributed by atoms with Gasteiger partial charge in [-0.25, -0.2) is 10.0 Å². The van der Waals surface area contributed by atoms with Crippen LogP contribution in [-0.4, -0.2) is 58.4 Å². The Morgan fingerprint density at radius 3 is 2.00 bits per heavy atom. The Hall–Kier alpha value is -0.650. The van der Waals surface area contributed by atoms with Crippen LogP contribution in [0.15, 0.2) is 0 Å². The van der Waals surface area contributed by atoms with Crippen LogP contribution in [-0.2, 0) is 4.79 Å². The van der Waals surface area contributed by atoms with E-state index in [0.717, 1.165) is 26.2 Å². The third-order valence-electron chi connectivity index (χ3n) is 2.69. The van der Waals surface area contributed by atoms with Crippen molar-refractivity contribution in [2.24, 2.45) is 5.92 Å². The van der Waals surface area contributed by atoms with Crippen LogP contribution in [0.1, 0.15) is 20.3 Å². The van der Waals surface area contributed by atoms with E-state index in [-0.39, 0.29) is 6.04 Å². The van der Waals surface area contributed by atoms with Gasteiger partial charge in [0.1, 0.15) is 6.04 Å². The highest BCUT2D eigenvalue weighted by Crippen LogP contribution is 2.25. The average Bonchev–Trinajstić information content (AvgIpc) is 2.98. The van der Waals surface area contributed by atoms with E-state index in [1.807, 2.05) is 5.12 Å². The SMILES string of the molecule is CC(C)CC(C(=O)O)N(N1CC1)N1CC1. The topological polar surface area (TPSA) is 46.6 Å². The summed E-state index contributed by atoms with van der Waals surface area (Å²) in [4.78, 5) is 11.2. The van der Waals surface area contributed by atoms with Crippen LogP contribution in [0.3, 0.4) is 0 Å². The fourth-order valence-electron chi connectivity index (χ4n) is 1.81. The number of carbonyl (C=O) groups is 1. The zero-order chi connectivity index (χ0) is 11.0. The van der Waals surface area contributed by atoms with Crippen LogP contribution >= 0.6 is 0 Å². The molecule has 2 saturated heterocycles. The van der Waals surface area contributed by atoms with E-state index in [1.54, 1.807) is 0 Å². The highest BCUT2D eigenvalue weighted by Gasteiger charge is 2.43. The first-order chi connectivity index (χ1) is 7.09. The maximum Gasteiger partial charge on any atom is 0.323 e. The van der Waals surface area contributed by atoms with Gasteiger partial charge in [0.2, 0.25) is 0 Å². The molecular weight excluding hydrogens is 194 g/mol. The first kappa shape index (κ1) is 10.9. The zero-order valence-corrected chi connectivity index (χ0v) is 9.39. The van der Waals surface area contributed by atoms with E-state index >= 15 is 0 Å². The maximum absolute atomic E-state index is 11.2. The summed E-state index contributed by atoms with van der Waals surface area (Å²) in [7, 11) is 0. The molecule has 0 spiro atoms. The Morgan fingerprint density at radius 1 is 1.27 bits per heavy atom. The van der Waals surface area contributed by atoms with Gasteiger partial charge in [0.25, 0.3) is 0 Å². The lowest BCUT2D eigenvalue weighted by atomic mass is 10.0. The van der Waals surface area contributed by atoms with E-state index in [1.165, 1.54) is 0 Å². The van der Waals surface area contributed by atoms with Crippen molar-refractivity contribution in [3.8, 4) is 0 Å². The van der Waals surface area contributed by atoms with Crippen LogP contribution in [0, 0.1) is 5.92 Å². The Labute approximate surface area is 90.2 Å². The maximum atomic E-state index is 11.2. The normalized spacial score (nSPS) is 23.5. The predicted octanol–water partition coefficient (Wildman–Crippen LogP) is 0.249. The number of carboxylic acids is 1. The molecule has 2 aliphatic rings. The number of nitrogens with zero attached hydrogens (tertiary/aromatic N) is 3. The Bertz CT molecular complexity index is 237. The van der Waals surface area contributed by atoms with Crippen molar-refractivity contribution in [3.63, 3.8) is 0 Å². The summed E-state index contributed by atoms with van der Waals surface area (Å²) >= 11 is 0. The van der Waals surface area contributed by atoms with Crippen LogP contribution in [0.2, 0.25) is 0 Å². The molecular formula is C10H19N3O2. The fraction of sp³-hybridized carbons (Fsp3) is 0.900. The molecule has 0 bridgehead atoms. The summed E-state index contributed by atoms with van der Waals surface area (Å²) < 4.78 is 0. The molecule has 2 heterocycles. The smallest absolute Gasteiger partial charge is 0.323 e. The third kappa shape index (κ3) is 2.68. The first-order valence-corrected chi connectivity index (χ1v) is 5.61. The Morgan fingerprint density at radius 2 is 1.73 bits per heavy atom. The minimum absolute atomic E-state index is 0.380. The number of rotatable bonds is 6. The molecule has 0 aliphatic carbocycles. The third-order valence-corrected chi connectivity index (χ3v) is 2.69. The van der Waals surface area contributed by atoms with Gasteiger partial charge in [0.05, 0.1) is 0 Å². The second kappa shape index (κ2) is 4.08. The molecule has 2 aliphatic heterocycles. The number of hydrazine groups is 2. The minimum atomic E-state index is -0.706. The first-order valence-electron chi connectivity index (χ1n) is 5.61. The molecule has 15 heavy (non-hydrogen) atoms. The van der Waals surface area contributed by atoms with Crippen molar-refractivity contribution in [3.05, 3.63) is 0 Å². The van der Waals surface area contributed by atoms with E-state index in [2.05, 4.69) is 23.9 Å². The second-order valence-corrected chi connectivity index (χ2v) is 4.71. The molecule has 0 aromatic carbocycles. The molecule has 5 heteroatoms. The largest absolute Gasteiger partial charge is 0.480 e. The van der Waals surface area contributed by atoms with Crippen molar-refractivity contribution < 1.29 is 9.90 Å². The molecule has 86 valence electrons. The summed E-state index contributed by atoms with van der Waals surface area (Å²) in [6.45, 7) is 8.13. The number of carboxylic acid groups (broad SMARTS) is 1. The fourth-order valence-corrected chi connectivity index (χ4v) is 1.81. The Kier molecular flexibility index (Phi) is 2.95. The highest BCUT2D eigenvalue weighted by molar-refractivity contribution is 5.73. The van der Waals surface area contributed by atoms with Crippen molar-refractivity contribution in [1.29, 1.82) is 0 Å². The van der Waals surface area contributed by atoms with Gasteiger partial charge in [-0.3, -0.25) is 4.79 Å². The number of aliphatic carboxylic acids is 1. The van der Waals surface area contributed by atoms with Gasteiger partial charge >= 0.3 is 5.97 Å². The van der Waals surface area contributed by atoms with Crippen LogP contribution in [0.4, 0.5) is 0 Å². The standard InChI is InChI=1S/C10H19N3O2/c1-8(2)7-9(10(14)15)13(11-3-4-11)12-5-6-12/h8-9H,3-7H2,1-2H3,(H,14,15). The van der Waals surface area contributed by atoms with Gasteiger partial charge in [0, 0.05) is 26.2 Å². The minimum Gasteiger partial charge on any atom is -0.480 e. The summed E-state index contributed by atoms with van der Waals surface area (Å²) in [5.74, 6) is -0.295. The van der Waals surface area contributed by atoms with Gasteiger partial charge in [-0.2, -0.15) is 5.12 Å². The molecule has 1 N–H and O–H groups in total. The molecule has 0 aromatic heterocycles. The average molecular weight is 213 g/mol. The molecule has 0 amide bonds. The van der Waals surface area contributed by atoms with Gasteiger partial charge in [-0.15, -0.1) is 0 Å². The van der Waals surface area contributed by atoms with E-state index < -0.39 is 5.97 Å². The molecule has 1 unspecified atom stereocenters.